The summed E-state index contributed by atoms with van der Waals surface area (Å²) in [5, 5.41) is 13.1. The molecule has 2 nitrogen and oxygen atoms in total. The Labute approximate surface area is 83.5 Å². The van der Waals surface area contributed by atoms with Crippen LogP contribution in [-0.2, 0) is 0 Å². The van der Waals surface area contributed by atoms with E-state index in [2.05, 4.69) is 5.32 Å². The van der Waals surface area contributed by atoms with E-state index in [4.69, 9.17) is 11.6 Å². The molecule has 1 rings (SSSR count). The van der Waals surface area contributed by atoms with Gasteiger partial charge in [-0.3, -0.25) is 0 Å². The molecule has 0 aliphatic heterocycles. The molecule has 0 saturated carbocycles. The third kappa shape index (κ3) is 2.90. The van der Waals surface area contributed by atoms with Gasteiger partial charge in [-0.05, 0) is 37.1 Å². The molecule has 72 valence electrons. The van der Waals surface area contributed by atoms with E-state index in [-0.39, 0.29) is 0 Å². The first-order valence-corrected chi connectivity index (χ1v) is 4.72. The Hall–Kier alpha value is -0.730. The van der Waals surface area contributed by atoms with Crippen LogP contribution in [0.15, 0.2) is 18.2 Å². The summed E-state index contributed by atoms with van der Waals surface area (Å²) < 4.78 is 0. The number of hydrogen-bond donors (Lipinski definition) is 2. The molecule has 0 amide bonds. The lowest BCUT2D eigenvalue weighted by molar-refractivity contribution is 0.199. The van der Waals surface area contributed by atoms with E-state index in [0.717, 1.165) is 11.3 Å². The normalized spacial score (nSPS) is 12.6. The Bertz CT molecular complexity index is 288. The molecule has 0 radical (unpaired) electrons. The molecular formula is C10H14ClNO. The summed E-state index contributed by atoms with van der Waals surface area (Å²) in [6.45, 7) is 3.87. The standard InChI is InChI=1S/C10H14ClNO/c1-3-10(13)12-9-5-4-8(11)6-7(9)2/h4-6,10,12-13H,3H2,1-2H3. The highest BCUT2D eigenvalue weighted by atomic mass is 35.5. The molecule has 13 heavy (non-hydrogen) atoms. The van der Waals surface area contributed by atoms with Crippen LogP contribution in [0.25, 0.3) is 0 Å². The predicted octanol–water partition coefficient (Wildman–Crippen LogP) is 2.79. The van der Waals surface area contributed by atoms with Crippen LogP contribution >= 0.6 is 11.6 Å². The van der Waals surface area contributed by atoms with E-state index in [1.54, 1.807) is 6.07 Å². The molecule has 1 aromatic carbocycles. The van der Waals surface area contributed by atoms with Crippen molar-refractivity contribution in [2.24, 2.45) is 0 Å². The Morgan fingerprint density at radius 3 is 2.77 bits per heavy atom. The van der Waals surface area contributed by atoms with Crippen molar-refractivity contribution in [2.45, 2.75) is 26.5 Å². The van der Waals surface area contributed by atoms with Crippen LogP contribution in [0.4, 0.5) is 5.69 Å². The van der Waals surface area contributed by atoms with Gasteiger partial charge in [0.15, 0.2) is 0 Å². The van der Waals surface area contributed by atoms with E-state index in [9.17, 15) is 5.11 Å². The molecule has 3 heteroatoms. The fraction of sp³-hybridized carbons (Fsp3) is 0.400. The number of aryl methyl sites for hydroxylation is 1. The second kappa shape index (κ2) is 4.49. The van der Waals surface area contributed by atoms with E-state index in [1.807, 2.05) is 26.0 Å². The summed E-state index contributed by atoms with van der Waals surface area (Å²) in [7, 11) is 0. The quantitative estimate of drug-likeness (QED) is 0.734. The fourth-order valence-corrected chi connectivity index (χ4v) is 1.30. The van der Waals surface area contributed by atoms with E-state index in [1.165, 1.54) is 0 Å². The van der Waals surface area contributed by atoms with Gasteiger partial charge < -0.3 is 10.4 Å². The number of aliphatic hydroxyl groups is 1. The predicted molar refractivity (Wildman–Crippen MR) is 56.1 cm³/mol. The first-order chi connectivity index (χ1) is 6.13. The van der Waals surface area contributed by atoms with Gasteiger partial charge >= 0.3 is 0 Å². The SMILES string of the molecule is CCC(O)Nc1ccc(Cl)cc1C. The molecule has 0 aromatic heterocycles. The van der Waals surface area contributed by atoms with Crippen LogP contribution in [0.3, 0.4) is 0 Å². The smallest absolute Gasteiger partial charge is 0.124 e. The lowest BCUT2D eigenvalue weighted by Crippen LogP contribution is -2.17. The average Bonchev–Trinajstić information content (AvgIpc) is 2.09. The first kappa shape index (κ1) is 10.4. The topological polar surface area (TPSA) is 32.3 Å². The van der Waals surface area contributed by atoms with Crippen LogP contribution in [0.5, 0.6) is 0 Å². The number of rotatable bonds is 3. The van der Waals surface area contributed by atoms with Crippen molar-refractivity contribution in [1.82, 2.24) is 0 Å². The highest BCUT2D eigenvalue weighted by Gasteiger charge is 2.02. The maximum atomic E-state index is 9.36. The van der Waals surface area contributed by atoms with Gasteiger partial charge in [-0.2, -0.15) is 0 Å². The third-order valence-electron chi connectivity index (χ3n) is 1.90. The van der Waals surface area contributed by atoms with Crippen molar-refractivity contribution in [2.75, 3.05) is 5.32 Å². The molecule has 0 bridgehead atoms. The van der Waals surface area contributed by atoms with Gasteiger partial charge in [-0.25, -0.2) is 0 Å². The van der Waals surface area contributed by atoms with Crippen molar-refractivity contribution in [3.8, 4) is 0 Å². The highest BCUT2D eigenvalue weighted by Crippen LogP contribution is 2.20. The van der Waals surface area contributed by atoms with Crippen molar-refractivity contribution >= 4 is 17.3 Å². The molecule has 0 saturated heterocycles. The molecule has 0 fully saturated rings. The zero-order valence-corrected chi connectivity index (χ0v) is 8.60. The molecule has 2 N–H and O–H groups in total. The third-order valence-corrected chi connectivity index (χ3v) is 2.13. The molecule has 1 unspecified atom stereocenters. The minimum atomic E-state index is -0.486. The molecule has 1 aromatic rings. The Kier molecular flexibility index (Phi) is 3.58. The van der Waals surface area contributed by atoms with Crippen LogP contribution in [0.2, 0.25) is 5.02 Å². The second-order valence-corrected chi connectivity index (χ2v) is 3.46. The Morgan fingerprint density at radius 1 is 1.54 bits per heavy atom. The van der Waals surface area contributed by atoms with Crippen LogP contribution in [0.1, 0.15) is 18.9 Å². The molecule has 0 aliphatic carbocycles. The van der Waals surface area contributed by atoms with Gasteiger partial charge in [0.2, 0.25) is 0 Å². The number of halogens is 1. The molecular weight excluding hydrogens is 186 g/mol. The van der Waals surface area contributed by atoms with Gasteiger partial charge in [0.25, 0.3) is 0 Å². The van der Waals surface area contributed by atoms with Gasteiger partial charge in [-0.15, -0.1) is 0 Å². The Balaban J connectivity index is 2.77. The van der Waals surface area contributed by atoms with Crippen molar-refractivity contribution in [1.29, 1.82) is 0 Å². The number of aliphatic hydroxyl groups excluding tert-OH is 1. The number of anilines is 1. The minimum Gasteiger partial charge on any atom is -0.374 e. The fourth-order valence-electron chi connectivity index (χ4n) is 1.07. The first-order valence-electron chi connectivity index (χ1n) is 4.34. The number of hydrogen-bond acceptors (Lipinski definition) is 2. The zero-order chi connectivity index (χ0) is 9.84. The van der Waals surface area contributed by atoms with Gasteiger partial charge in [0.05, 0.1) is 0 Å². The molecule has 0 heterocycles. The van der Waals surface area contributed by atoms with Gasteiger partial charge in [-0.1, -0.05) is 18.5 Å². The maximum absolute atomic E-state index is 9.36. The van der Waals surface area contributed by atoms with Gasteiger partial charge in [0.1, 0.15) is 6.23 Å². The van der Waals surface area contributed by atoms with Crippen molar-refractivity contribution in [3.63, 3.8) is 0 Å². The summed E-state index contributed by atoms with van der Waals surface area (Å²) in [6.07, 6.45) is 0.196. The summed E-state index contributed by atoms with van der Waals surface area (Å²) >= 11 is 5.80. The number of benzene rings is 1. The van der Waals surface area contributed by atoms with Crippen LogP contribution in [-0.4, -0.2) is 11.3 Å². The maximum Gasteiger partial charge on any atom is 0.124 e. The number of nitrogens with one attached hydrogen (secondary N) is 1. The molecule has 1 atom stereocenters. The Morgan fingerprint density at radius 2 is 2.23 bits per heavy atom. The summed E-state index contributed by atoms with van der Waals surface area (Å²) in [5.74, 6) is 0. The van der Waals surface area contributed by atoms with E-state index >= 15 is 0 Å². The summed E-state index contributed by atoms with van der Waals surface area (Å²) in [4.78, 5) is 0. The van der Waals surface area contributed by atoms with Crippen molar-refractivity contribution in [3.05, 3.63) is 28.8 Å². The van der Waals surface area contributed by atoms with Crippen LogP contribution in [0, 0.1) is 6.92 Å². The molecule has 0 aliphatic rings. The minimum absolute atomic E-state index is 0.486. The zero-order valence-electron chi connectivity index (χ0n) is 7.84. The van der Waals surface area contributed by atoms with E-state index in [0.29, 0.717) is 11.4 Å². The monoisotopic (exact) mass is 199 g/mol. The second-order valence-electron chi connectivity index (χ2n) is 3.03. The van der Waals surface area contributed by atoms with Gasteiger partial charge in [0, 0.05) is 10.7 Å². The van der Waals surface area contributed by atoms with Crippen LogP contribution < -0.4 is 5.32 Å². The van der Waals surface area contributed by atoms with Crippen molar-refractivity contribution < 1.29 is 5.11 Å². The largest absolute Gasteiger partial charge is 0.374 e. The van der Waals surface area contributed by atoms with E-state index < -0.39 is 6.23 Å². The average molecular weight is 200 g/mol. The lowest BCUT2D eigenvalue weighted by Gasteiger charge is -2.14. The molecule has 0 spiro atoms. The lowest BCUT2D eigenvalue weighted by atomic mass is 10.2. The summed E-state index contributed by atoms with van der Waals surface area (Å²) in [5.41, 5.74) is 1.97. The summed E-state index contributed by atoms with van der Waals surface area (Å²) in [6, 6.07) is 5.54. The highest BCUT2D eigenvalue weighted by molar-refractivity contribution is 6.30.